The van der Waals surface area contributed by atoms with Crippen molar-refractivity contribution < 1.29 is 0 Å². The van der Waals surface area contributed by atoms with Crippen LogP contribution in [0.3, 0.4) is 0 Å². The largest absolute Gasteiger partial charge is 0.340 e. The van der Waals surface area contributed by atoms with Gasteiger partial charge in [0.1, 0.15) is 5.82 Å². The molecule has 3 aromatic rings. The molecule has 0 bridgehead atoms. The summed E-state index contributed by atoms with van der Waals surface area (Å²) in [6, 6.07) is 10.0. The summed E-state index contributed by atoms with van der Waals surface area (Å²) in [6.07, 6.45) is 1.85. The second-order valence-electron chi connectivity index (χ2n) is 5.39. The van der Waals surface area contributed by atoms with Crippen molar-refractivity contribution in [2.24, 2.45) is 7.05 Å². The van der Waals surface area contributed by atoms with Crippen molar-refractivity contribution in [2.75, 3.05) is 5.32 Å². The van der Waals surface area contributed by atoms with E-state index in [1.165, 1.54) is 0 Å². The van der Waals surface area contributed by atoms with Crippen LogP contribution in [0.4, 0.5) is 11.5 Å². The lowest BCUT2D eigenvalue weighted by atomic mass is 10.2. The van der Waals surface area contributed by atoms with Crippen LogP contribution < -0.4 is 5.32 Å². The molecule has 0 saturated heterocycles. The van der Waals surface area contributed by atoms with Gasteiger partial charge in [-0.2, -0.15) is 5.10 Å². The van der Waals surface area contributed by atoms with Gasteiger partial charge in [0.05, 0.1) is 11.3 Å². The highest BCUT2D eigenvalue weighted by molar-refractivity contribution is 5.66. The van der Waals surface area contributed by atoms with Gasteiger partial charge in [-0.05, 0) is 32.9 Å². The van der Waals surface area contributed by atoms with E-state index in [0.29, 0.717) is 5.82 Å². The lowest BCUT2D eigenvalue weighted by molar-refractivity contribution is 0.731. The Hall–Kier alpha value is -2.69. The van der Waals surface area contributed by atoms with E-state index in [1.54, 1.807) is 0 Å². The summed E-state index contributed by atoms with van der Waals surface area (Å²) in [4.78, 5) is 9.18. The predicted molar refractivity (Wildman–Crippen MR) is 88.2 cm³/mol. The number of aryl methyl sites for hydroxylation is 3. The zero-order chi connectivity index (χ0) is 15.7. The monoisotopic (exact) mass is 293 g/mol. The Balaban J connectivity index is 2.03. The maximum atomic E-state index is 4.70. The Morgan fingerprint density at radius 3 is 2.41 bits per heavy atom. The van der Waals surface area contributed by atoms with Crippen LogP contribution in [0.1, 0.15) is 17.0 Å². The van der Waals surface area contributed by atoms with Gasteiger partial charge in [0.2, 0.25) is 0 Å². The molecule has 0 aliphatic heterocycles. The van der Waals surface area contributed by atoms with Crippen LogP contribution in [-0.4, -0.2) is 19.7 Å². The molecule has 112 valence electrons. The Bertz CT molecular complexity index is 805. The fraction of sp³-hybridized carbons (Fsp3) is 0.235. The number of hydrogen-bond acceptors (Lipinski definition) is 4. The van der Waals surface area contributed by atoms with Crippen LogP contribution in [0.25, 0.3) is 11.4 Å². The molecule has 2 aromatic heterocycles. The van der Waals surface area contributed by atoms with E-state index in [0.717, 1.165) is 34.0 Å². The predicted octanol–water partition coefficient (Wildman–Crippen LogP) is 3.55. The summed E-state index contributed by atoms with van der Waals surface area (Å²) in [6.45, 7) is 6.01. The van der Waals surface area contributed by atoms with Crippen molar-refractivity contribution in [2.45, 2.75) is 20.8 Å². The molecule has 1 aromatic carbocycles. The fourth-order valence-corrected chi connectivity index (χ4v) is 2.44. The highest BCUT2D eigenvalue weighted by Crippen LogP contribution is 2.26. The first kappa shape index (κ1) is 14.3. The SMILES string of the molecule is Cc1cnc(-c2c(C)nn(C)c2C)nc1Nc1ccccc1. The topological polar surface area (TPSA) is 55.6 Å². The molecule has 0 unspecified atom stereocenters. The molecule has 22 heavy (non-hydrogen) atoms. The summed E-state index contributed by atoms with van der Waals surface area (Å²) in [5, 5.41) is 7.79. The minimum Gasteiger partial charge on any atom is -0.340 e. The lowest BCUT2D eigenvalue weighted by Crippen LogP contribution is -2.01. The van der Waals surface area contributed by atoms with E-state index in [4.69, 9.17) is 4.98 Å². The molecule has 1 N–H and O–H groups in total. The first-order valence-electron chi connectivity index (χ1n) is 7.22. The molecule has 2 heterocycles. The maximum Gasteiger partial charge on any atom is 0.165 e. The minimum absolute atomic E-state index is 0.701. The summed E-state index contributed by atoms with van der Waals surface area (Å²) >= 11 is 0. The van der Waals surface area contributed by atoms with Crippen LogP contribution >= 0.6 is 0 Å². The standard InChI is InChI=1S/C17H19N5/c1-11-10-18-17(15-12(2)21-22(4)13(15)3)20-16(11)19-14-8-6-5-7-9-14/h5-10H,1-4H3,(H,18,19,20). The smallest absolute Gasteiger partial charge is 0.165 e. The molecule has 0 aliphatic rings. The molecule has 3 rings (SSSR count). The van der Waals surface area contributed by atoms with E-state index < -0.39 is 0 Å². The Morgan fingerprint density at radius 2 is 1.77 bits per heavy atom. The molecule has 0 radical (unpaired) electrons. The van der Waals surface area contributed by atoms with Gasteiger partial charge in [0.25, 0.3) is 0 Å². The van der Waals surface area contributed by atoms with Crippen LogP contribution in [0.2, 0.25) is 0 Å². The molecular formula is C17H19N5. The third-order valence-corrected chi connectivity index (χ3v) is 3.74. The van der Waals surface area contributed by atoms with Crippen molar-refractivity contribution >= 4 is 11.5 Å². The summed E-state index contributed by atoms with van der Waals surface area (Å²) < 4.78 is 1.86. The number of hydrogen-bond donors (Lipinski definition) is 1. The molecule has 0 atom stereocenters. The van der Waals surface area contributed by atoms with E-state index in [2.05, 4.69) is 15.4 Å². The summed E-state index contributed by atoms with van der Waals surface area (Å²) in [5.41, 5.74) is 5.02. The highest BCUT2D eigenvalue weighted by Gasteiger charge is 2.15. The summed E-state index contributed by atoms with van der Waals surface area (Å²) in [7, 11) is 1.93. The zero-order valence-electron chi connectivity index (χ0n) is 13.3. The number of anilines is 2. The molecule has 0 saturated carbocycles. The molecule has 0 spiro atoms. The third-order valence-electron chi connectivity index (χ3n) is 3.74. The van der Waals surface area contributed by atoms with Gasteiger partial charge in [-0.3, -0.25) is 4.68 Å². The van der Waals surface area contributed by atoms with Crippen LogP contribution in [-0.2, 0) is 7.05 Å². The highest BCUT2D eigenvalue weighted by atomic mass is 15.3. The zero-order valence-corrected chi connectivity index (χ0v) is 13.3. The fourth-order valence-electron chi connectivity index (χ4n) is 2.44. The van der Waals surface area contributed by atoms with E-state index in [9.17, 15) is 0 Å². The van der Waals surface area contributed by atoms with Gasteiger partial charge in [-0.15, -0.1) is 0 Å². The molecular weight excluding hydrogens is 274 g/mol. The molecule has 5 nitrogen and oxygen atoms in total. The van der Waals surface area contributed by atoms with Crippen LogP contribution in [0.15, 0.2) is 36.5 Å². The first-order valence-corrected chi connectivity index (χ1v) is 7.22. The van der Waals surface area contributed by atoms with Crippen LogP contribution in [0.5, 0.6) is 0 Å². The van der Waals surface area contributed by atoms with Crippen molar-refractivity contribution in [1.82, 2.24) is 19.7 Å². The van der Waals surface area contributed by atoms with Crippen molar-refractivity contribution in [3.63, 3.8) is 0 Å². The number of aromatic nitrogens is 4. The average molecular weight is 293 g/mol. The van der Waals surface area contributed by atoms with Gasteiger partial charge in [0, 0.05) is 30.2 Å². The molecule has 0 fully saturated rings. The van der Waals surface area contributed by atoms with Crippen molar-refractivity contribution in [3.05, 3.63) is 53.5 Å². The molecule has 0 amide bonds. The van der Waals surface area contributed by atoms with E-state index >= 15 is 0 Å². The number of benzene rings is 1. The van der Waals surface area contributed by atoms with Crippen molar-refractivity contribution in [1.29, 1.82) is 0 Å². The average Bonchev–Trinajstić information content (AvgIpc) is 2.76. The number of nitrogens with zero attached hydrogens (tertiary/aromatic N) is 4. The number of nitrogens with one attached hydrogen (secondary N) is 1. The Kier molecular flexibility index (Phi) is 3.63. The summed E-state index contributed by atoms with van der Waals surface area (Å²) in [5.74, 6) is 1.52. The van der Waals surface area contributed by atoms with Crippen LogP contribution in [0, 0.1) is 20.8 Å². The minimum atomic E-state index is 0.701. The van der Waals surface area contributed by atoms with Gasteiger partial charge < -0.3 is 5.32 Å². The van der Waals surface area contributed by atoms with Crippen molar-refractivity contribution in [3.8, 4) is 11.4 Å². The second-order valence-corrected chi connectivity index (χ2v) is 5.39. The van der Waals surface area contributed by atoms with Gasteiger partial charge in [-0.25, -0.2) is 9.97 Å². The van der Waals surface area contributed by atoms with Gasteiger partial charge in [-0.1, -0.05) is 18.2 Å². The number of para-hydroxylation sites is 1. The molecule has 5 heteroatoms. The first-order chi connectivity index (χ1) is 10.6. The normalized spacial score (nSPS) is 10.7. The second kappa shape index (κ2) is 5.60. The van der Waals surface area contributed by atoms with Gasteiger partial charge in [0.15, 0.2) is 5.82 Å². The maximum absolute atomic E-state index is 4.70. The third kappa shape index (κ3) is 2.57. The number of rotatable bonds is 3. The van der Waals surface area contributed by atoms with E-state index in [1.807, 2.05) is 69.0 Å². The van der Waals surface area contributed by atoms with Gasteiger partial charge >= 0.3 is 0 Å². The van der Waals surface area contributed by atoms with E-state index in [-0.39, 0.29) is 0 Å². The lowest BCUT2D eigenvalue weighted by Gasteiger charge is -2.10. The Labute approximate surface area is 130 Å². The Morgan fingerprint density at radius 1 is 1.05 bits per heavy atom. The molecule has 0 aliphatic carbocycles. The quantitative estimate of drug-likeness (QED) is 0.802.